The van der Waals surface area contributed by atoms with Crippen molar-refractivity contribution in [1.82, 2.24) is 15.1 Å². The SMILES string of the molecule is CCC[C@@H](C)NC(=O)c1cn(Cc2ccccc2)nc1-c1cccs1. The van der Waals surface area contributed by atoms with Gasteiger partial charge in [-0.25, -0.2) is 0 Å². The van der Waals surface area contributed by atoms with Crippen LogP contribution in [0.15, 0.2) is 54.0 Å². The van der Waals surface area contributed by atoms with Crippen LogP contribution in [0.25, 0.3) is 10.6 Å². The number of rotatable bonds is 7. The maximum Gasteiger partial charge on any atom is 0.255 e. The fourth-order valence-electron chi connectivity index (χ4n) is 2.84. The molecule has 5 heteroatoms. The average molecular weight is 353 g/mol. The highest BCUT2D eigenvalue weighted by Crippen LogP contribution is 2.27. The number of thiophene rings is 1. The Hall–Kier alpha value is -2.40. The van der Waals surface area contributed by atoms with E-state index in [1.165, 1.54) is 0 Å². The number of carbonyl (C=O) groups is 1. The fourth-order valence-corrected chi connectivity index (χ4v) is 3.56. The van der Waals surface area contributed by atoms with Gasteiger partial charge in [0.15, 0.2) is 0 Å². The third kappa shape index (κ3) is 4.37. The summed E-state index contributed by atoms with van der Waals surface area (Å²) in [7, 11) is 0. The van der Waals surface area contributed by atoms with E-state index in [4.69, 9.17) is 0 Å². The van der Waals surface area contributed by atoms with Crippen LogP contribution in [-0.2, 0) is 6.54 Å². The van der Waals surface area contributed by atoms with E-state index >= 15 is 0 Å². The van der Waals surface area contributed by atoms with Crippen LogP contribution in [0.1, 0.15) is 42.6 Å². The Balaban J connectivity index is 1.88. The zero-order valence-electron chi connectivity index (χ0n) is 14.6. The number of benzene rings is 1. The molecule has 2 heterocycles. The second kappa shape index (κ2) is 8.12. The molecule has 0 aliphatic carbocycles. The first-order valence-corrected chi connectivity index (χ1v) is 9.51. The molecule has 3 aromatic rings. The first-order chi connectivity index (χ1) is 12.2. The van der Waals surface area contributed by atoms with Crippen molar-refractivity contribution in [2.45, 2.75) is 39.3 Å². The lowest BCUT2D eigenvalue weighted by Crippen LogP contribution is -2.32. The average Bonchev–Trinajstić information content (AvgIpc) is 3.25. The Kier molecular flexibility index (Phi) is 5.66. The number of aromatic nitrogens is 2. The summed E-state index contributed by atoms with van der Waals surface area (Å²) in [4.78, 5) is 13.8. The van der Waals surface area contributed by atoms with E-state index in [2.05, 4.69) is 29.5 Å². The van der Waals surface area contributed by atoms with Gasteiger partial charge in [-0.15, -0.1) is 11.3 Å². The maximum absolute atomic E-state index is 12.8. The van der Waals surface area contributed by atoms with Crippen LogP contribution < -0.4 is 5.32 Å². The van der Waals surface area contributed by atoms with Gasteiger partial charge in [-0.1, -0.05) is 49.7 Å². The maximum atomic E-state index is 12.8. The van der Waals surface area contributed by atoms with Crippen molar-refractivity contribution in [3.8, 4) is 10.6 Å². The van der Waals surface area contributed by atoms with Crippen LogP contribution in [0, 0.1) is 0 Å². The van der Waals surface area contributed by atoms with E-state index in [-0.39, 0.29) is 11.9 Å². The third-order valence-corrected chi connectivity index (χ3v) is 4.92. The Labute approximate surface area is 152 Å². The van der Waals surface area contributed by atoms with Crippen LogP contribution in [0.4, 0.5) is 0 Å². The molecule has 1 aromatic carbocycles. The second-order valence-electron chi connectivity index (χ2n) is 6.22. The van der Waals surface area contributed by atoms with Gasteiger partial charge in [-0.2, -0.15) is 5.10 Å². The zero-order valence-corrected chi connectivity index (χ0v) is 15.4. The molecule has 0 saturated carbocycles. The predicted octanol–water partition coefficient (Wildman–Crippen LogP) is 4.58. The minimum absolute atomic E-state index is 0.0522. The van der Waals surface area contributed by atoms with E-state index in [0.717, 1.165) is 29.0 Å². The predicted molar refractivity (Wildman–Crippen MR) is 103 cm³/mol. The molecule has 0 unspecified atom stereocenters. The summed E-state index contributed by atoms with van der Waals surface area (Å²) in [5.74, 6) is -0.0522. The molecule has 1 amide bonds. The number of carbonyl (C=O) groups excluding carboxylic acids is 1. The molecule has 0 fully saturated rings. The molecule has 2 aromatic heterocycles. The normalized spacial score (nSPS) is 12.1. The first-order valence-electron chi connectivity index (χ1n) is 8.63. The summed E-state index contributed by atoms with van der Waals surface area (Å²) in [6.45, 7) is 4.81. The quantitative estimate of drug-likeness (QED) is 0.676. The molecule has 0 spiro atoms. The van der Waals surface area contributed by atoms with Crippen molar-refractivity contribution in [3.05, 3.63) is 65.2 Å². The Bertz CT molecular complexity index is 809. The molecule has 0 radical (unpaired) electrons. The summed E-state index contributed by atoms with van der Waals surface area (Å²) in [5, 5.41) is 9.78. The molecule has 1 atom stereocenters. The smallest absolute Gasteiger partial charge is 0.255 e. The number of nitrogens with one attached hydrogen (secondary N) is 1. The van der Waals surface area contributed by atoms with Crippen LogP contribution in [-0.4, -0.2) is 21.7 Å². The molecular formula is C20H23N3OS. The molecule has 0 aliphatic heterocycles. The fraction of sp³-hybridized carbons (Fsp3) is 0.300. The van der Waals surface area contributed by atoms with Crippen LogP contribution in [0.3, 0.4) is 0 Å². The van der Waals surface area contributed by atoms with Gasteiger partial charge in [0, 0.05) is 12.2 Å². The minimum Gasteiger partial charge on any atom is -0.349 e. The third-order valence-electron chi connectivity index (χ3n) is 4.05. The monoisotopic (exact) mass is 353 g/mol. The van der Waals surface area contributed by atoms with E-state index in [0.29, 0.717) is 12.1 Å². The van der Waals surface area contributed by atoms with Crippen molar-refractivity contribution in [3.63, 3.8) is 0 Å². The highest BCUT2D eigenvalue weighted by molar-refractivity contribution is 7.13. The highest BCUT2D eigenvalue weighted by atomic mass is 32.1. The molecule has 0 bridgehead atoms. The zero-order chi connectivity index (χ0) is 17.6. The Morgan fingerprint density at radius 2 is 2.04 bits per heavy atom. The van der Waals surface area contributed by atoms with Crippen molar-refractivity contribution in [2.75, 3.05) is 0 Å². The molecule has 130 valence electrons. The molecule has 4 nitrogen and oxygen atoms in total. The van der Waals surface area contributed by atoms with Crippen LogP contribution in [0.2, 0.25) is 0 Å². The summed E-state index contributed by atoms with van der Waals surface area (Å²) in [5.41, 5.74) is 2.56. The summed E-state index contributed by atoms with van der Waals surface area (Å²) in [6.07, 6.45) is 3.88. The van der Waals surface area contributed by atoms with E-state index in [1.54, 1.807) is 11.3 Å². The van der Waals surface area contributed by atoms with Crippen LogP contribution >= 0.6 is 11.3 Å². The first kappa shape index (κ1) is 17.4. The van der Waals surface area contributed by atoms with Crippen LogP contribution in [0.5, 0.6) is 0 Å². The number of hydrogen-bond donors (Lipinski definition) is 1. The Morgan fingerprint density at radius 3 is 2.72 bits per heavy atom. The van der Waals surface area contributed by atoms with Gasteiger partial charge in [0.2, 0.25) is 0 Å². The summed E-state index contributed by atoms with van der Waals surface area (Å²) in [6, 6.07) is 14.3. The van der Waals surface area contributed by atoms with Gasteiger partial charge in [-0.05, 0) is 30.4 Å². The number of amides is 1. The van der Waals surface area contributed by atoms with Crippen molar-refractivity contribution < 1.29 is 4.79 Å². The highest BCUT2D eigenvalue weighted by Gasteiger charge is 2.20. The van der Waals surface area contributed by atoms with Gasteiger partial charge < -0.3 is 5.32 Å². The molecule has 3 rings (SSSR count). The lowest BCUT2D eigenvalue weighted by atomic mass is 10.1. The molecule has 25 heavy (non-hydrogen) atoms. The summed E-state index contributed by atoms with van der Waals surface area (Å²) < 4.78 is 1.85. The van der Waals surface area contributed by atoms with E-state index in [1.807, 2.05) is 53.5 Å². The topological polar surface area (TPSA) is 46.9 Å². The van der Waals surface area contributed by atoms with E-state index < -0.39 is 0 Å². The van der Waals surface area contributed by atoms with Crippen molar-refractivity contribution >= 4 is 17.2 Å². The van der Waals surface area contributed by atoms with Gasteiger partial charge in [0.05, 0.1) is 17.0 Å². The minimum atomic E-state index is -0.0522. The van der Waals surface area contributed by atoms with Crippen molar-refractivity contribution in [1.29, 1.82) is 0 Å². The largest absolute Gasteiger partial charge is 0.349 e. The second-order valence-corrected chi connectivity index (χ2v) is 7.16. The lowest BCUT2D eigenvalue weighted by molar-refractivity contribution is 0.0939. The van der Waals surface area contributed by atoms with E-state index in [9.17, 15) is 4.79 Å². The van der Waals surface area contributed by atoms with Gasteiger partial charge in [0.25, 0.3) is 5.91 Å². The molecule has 1 N–H and O–H groups in total. The standard InChI is InChI=1S/C20H23N3OS/c1-3-8-15(2)21-20(24)17-14-23(13-16-9-5-4-6-10-16)22-19(17)18-11-7-12-25-18/h4-7,9-12,14-15H,3,8,13H2,1-2H3,(H,21,24)/t15-/m1/s1. The molecular weight excluding hydrogens is 330 g/mol. The number of hydrogen-bond acceptors (Lipinski definition) is 3. The van der Waals surface area contributed by atoms with Gasteiger partial charge >= 0.3 is 0 Å². The van der Waals surface area contributed by atoms with Crippen molar-refractivity contribution in [2.24, 2.45) is 0 Å². The van der Waals surface area contributed by atoms with Gasteiger partial charge in [0.1, 0.15) is 5.69 Å². The Morgan fingerprint density at radius 1 is 1.24 bits per heavy atom. The number of nitrogens with zero attached hydrogens (tertiary/aromatic N) is 2. The summed E-state index contributed by atoms with van der Waals surface area (Å²) >= 11 is 1.60. The molecule has 0 saturated heterocycles. The molecule has 0 aliphatic rings. The lowest BCUT2D eigenvalue weighted by Gasteiger charge is -2.12. The van der Waals surface area contributed by atoms with Gasteiger partial charge in [-0.3, -0.25) is 9.48 Å².